The number of hydrogen-bond donors (Lipinski definition) is 2. The highest BCUT2D eigenvalue weighted by atomic mass is 16.5. The molecule has 0 radical (unpaired) electrons. The zero-order valence-electron chi connectivity index (χ0n) is 44.2. The summed E-state index contributed by atoms with van der Waals surface area (Å²) < 4.78 is 5.71. The Morgan fingerprint density at radius 3 is 0.841 bits per heavy atom. The molecular weight excluding hydrogens is 777 g/mol. The van der Waals surface area contributed by atoms with E-state index in [1.807, 2.05) is 0 Å². The Morgan fingerprint density at radius 1 is 0.333 bits per heavy atom. The van der Waals surface area contributed by atoms with Crippen molar-refractivity contribution in [2.45, 2.75) is 337 Å². The quantitative estimate of drug-likeness (QED) is 0.0469. The lowest BCUT2D eigenvalue weighted by atomic mass is 9.94. The molecule has 0 rings (SSSR count). The van der Waals surface area contributed by atoms with Crippen molar-refractivity contribution in [2.24, 2.45) is 11.8 Å². The van der Waals surface area contributed by atoms with E-state index >= 15 is 0 Å². The lowest BCUT2D eigenvalue weighted by Crippen LogP contribution is -2.14. The van der Waals surface area contributed by atoms with E-state index in [0.29, 0.717) is 37.9 Å². The normalized spacial score (nSPS) is 12.0. The number of carbonyl (C=O) groups is 2. The summed E-state index contributed by atoms with van der Waals surface area (Å²) in [5.41, 5.74) is 0. The van der Waals surface area contributed by atoms with Crippen LogP contribution in [0.5, 0.6) is 0 Å². The van der Waals surface area contributed by atoms with Gasteiger partial charge in [0.15, 0.2) is 0 Å². The minimum absolute atomic E-state index is 0.0411. The number of ether oxygens (including phenoxy) is 1. The van der Waals surface area contributed by atoms with Crippen LogP contribution < -0.4 is 0 Å². The molecule has 5 heteroatoms. The number of esters is 1. The first-order valence-electron chi connectivity index (χ1n) is 28.8. The zero-order chi connectivity index (χ0) is 47.0. The second kappa shape index (κ2) is 60.9. The SMILES string of the molecule is CCCCCCCCC(=O)O.CCCCCCCCCCC(CCCCCCCC)COC(=O)CCCCCCCC.CCCCCCCCCCC(CO)CCCCCCCC. The van der Waals surface area contributed by atoms with Crippen LogP contribution in [0, 0.1) is 11.8 Å². The summed E-state index contributed by atoms with van der Waals surface area (Å²) in [4.78, 5) is 22.3. The fourth-order valence-electron chi connectivity index (χ4n) is 8.59. The second-order valence-corrected chi connectivity index (χ2v) is 19.7. The Labute approximate surface area is 397 Å². The zero-order valence-corrected chi connectivity index (χ0v) is 44.2. The van der Waals surface area contributed by atoms with E-state index in [1.54, 1.807) is 0 Å². The van der Waals surface area contributed by atoms with Crippen molar-refractivity contribution in [1.82, 2.24) is 0 Å². The van der Waals surface area contributed by atoms with Crippen LogP contribution in [0.15, 0.2) is 0 Å². The van der Waals surface area contributed by atoms with Crippen LogP contribution in [0.3, 0.4) is 0 Å². The second-order valence-electron chi connectivity index (χ2n) is 19.7. The highest BCUT2D eigenvalue weighted by Gasteiger charge is 2.13. The van der Waals surface area contributed by atoms with Crippen molar-refractivity contribution in [1.29, 1.82) is 0 Å². The summed E-state index contributed by atoms with van der Waals surface area (Å²) in [6.45, 7) is 14.6. The Bertz CT molecular complexity index is 830. The smallest absolute Gasteiger partial charge is 0.305 e. The monoisotopic (exact) mass is 895 g/mol. The molecule has 0 fully saturated rings. The van der Waals surface area contributed by atoms with Crippen LogP contribution in [0.1, 0.15) is 337 Å². The average molecular weight is 896 g/mol. The molecule has 0 aliphatic carbocycles. The molecule has 0 aromatic carbocycles. The van der Waals surface area contributed by atoms with E-state index in [-0.39, 0.29) is 5.97 Å². The molecule has 0 aromatic heterocycles. The average Bonchev–Trinajstić information content (AvgIpc) is 3.28. The fraction of sp³-hybridized carbons (Fsp3) is 0.966. The Hall–Kier alpha value is -1.10. The van der Waals surface area contributed by atoms with Gasteiger partial charge in [-0.1, -0.05) is 286 Å². The molecule has 380 valence electrons. The van der Waals surface area contributed by atoms with E-state index in [0.717, 1.165) is 19.3 Å². The molecule has 0 heterocycles. The minimum Gasteiger partial charge on any atom is -0.481 e. The molecule has 0 saturated heterocycles. The van der Waals surface area contributed by atoms with Crippen LogP contribution in [-0.2, 0) is 14.3 Å². The number of aliphatic hydroxyl groups excluding tert-OH is 1. The first-order valence-corrected chi connectivity index (χ1v) is 28.8. The number of hydrogen-bond acceptors (Lipinski definition) is 4. The van der Waals surface area contributed by atoms with Gasteiger partial charge in [0.1, 0.15) is 0 Å². The van der Waals surface area contributed by atoms with Crippen LogP contribution in [-0.4, -0.2) is 35.4 Å². The number of carboxylic acid groups (broad SMARTS) is 1. The summed E-state index contributed by atoms with van der Waals surface area (Å²) in [5.74, 6) is 0.538. The predicted molar refractivity (Wildman–Crippen MR) is 279 cm³/mol. The minimum atomic E-state index is -0.666. The maximum absolute atomic E-state index is 12.2. The van der Waals surface area contributed by atoms with Crippen LogP contribution >= 0.6 is 0 Å². The van der Waals surface area contributed by atoms with E-state index in [4.69, 9.17) is 9.84 Å². The van der Waals surface area contributed by atoms with Crippen molar-refractivity contribution < 1.29 is 24.5 Å². The summed E-state index contributed by atoms with van der Waals surface area (Å²) in [6, 6.07) is 0. The van der Waals surface area contributed by atoms with Gasteiger partial charge in [-0.25, -0.2) is 0 Å². The van der Waals surface area contributed by atoms with Crippen molar-refractivity contribution in [3.05, 3.63) is 0 Å². The van der Waals surface area contributed by atoms with E-state index < -0.39 is 5.97 Å². The van der Waals surface area contributed by atoms with Gasteiger partial charge in [-0.15, -0.1) is 0 Å². The molecule has 0 bridgehead atoms. The Morgan fingerprint density at radius 2 is 0.571 bits per heavy atom. The third-order valence-electron chi connectivity index (χ3n) is 13.1. The standard InChI is InChI=1S/C29H58O2.C20H42O.C9H18O2/c1-4-7-10-13-16-17-19-22-25-28(24-21-18-14-11-8-5-2)27-31-29(30)26-23-20-15-12-9-6-3;1-3-5-7-9-11-12-14-16-18-20(19-21)17-15-13-10-8-6-4-2;1-2-3-4-5-6-7-8-9(10)11/h28H,4-27H2,1-3H3;20-21H,3-19H2,1-2H3;2-8H2,1H3,(H,10,11). The van der Waals surface area contributed by atoms with Crippen molar-refractivity contribution in [2.75, 3.05) is 13.2 Å². The first kappa shape index (κ1) is 66.2. The van der Waals surface area contributed by atoms with Gasteiger partial charge < -0.3 is 14.9 Å². The summed E-state index contributed by atoms with van der Waals surface area (Å²) in [7, 11) is 0. The molecule has 2 unspecified atom stereocenters. The van der Waals surface area contributed by atoms with E-state index in [9.17, 15) is 14.7 Å². The fourth-order valence-corrected chi connectivity index (χ4v) is 8.59. The van der Waals surface area contributed by atoms with Gasteiger partial charge in [-0.05, 0) is 50.4 Å². The molecule has 0 amide bonds. The van der Waals surface area contributed by atoms with Gasteiger partial charge in [0.2, 0.25) is 0 Å². The maximum atomic E-state index is 12.2. The summed E-state index contributed by atoms with van der Waals surface area (Å²) in [5, 5.41) is 17.8. The number of rotatable bonds is 49. The largest absolute Gasteiger partial charge is 0.481 e. The van der Waals surface area contributed by atoms with Crippen LogP contribution in [0.4, 0.5) is 0 Å². The molecular formula is C58H118O5. The maximum Gasteiger partial charge on any atom is 0.305 e. The molecule has 2 N–H and O–H groups in total. The molecule has 5 nitrogen and oxygen atoms in total. The topological polar surface area (TPSA) is 83.8 Å². The van der Waals surface area contributed by atoms with Crippen molar-refractivity contribution in [3.63, 3.8) is 0 Å². The highest BCUT2D eigenvalue weighted by Crippen LogP contribution is 2.22. The predicted octanol–water partition coefficient (Wildman–Crippen LogP) is 19.9. The highest BCUT2D eigenvalue weighted by molar-refractivity contribution is 5.69. The van der Waals surface area contributed by atoms with Crippen LogP contribution in [0.2, 0.25) is 0 Å². The molecule has 2 atom stereocenters. The van der Waals surface area contributed by atoms with Gasteiger partial charge in [0.25, 0.3) is 0 Å². The lowest BCUT2D eigenvalue weighted by molar-refractivity contribution is -0.145. The number of aliphatic hydroxyl groups is 1. The number of carbonyl (C=O) groups excluding carboxylic acids is 1. The Kier molecular flexibility index (Phi) is 64.0. The van der Waals surface area contributed by atoms with E-state index in [2.05, 4.69) is 41.5 Å². The third-order valence-corrected chi connectivity index (χ3v) is 13.1. The molecule has 0 aliphatic rings. The molecule has 0 aliphatic heterocycles. The summed E-state index contributed by atoms with van der Waals surface area (Å²) in [6.07, 6.45) is 58.6. The van der Waals surface area contributed by atoms with Gasteiger partial charge in [-0.3, -0.25) is 9.59 Å². The molecule has 0 saturated carbocycles. The van der Waals surface area contributed by atoms with Gasteiger partial charge in [0.05, 0.1) is 6.61 Å². The first-order chi connectivity index (χ1) is 30.9. The molecule has 63 heavy (non-hydrogen) atoms. The van der Waals surface area contributed by atoms with Crippen LogP contribution in [0.25, 0.3) is 0 Å². The summed E-state index contributed by atoms with van der Waals surface area (Å²) >= 11 is 0. The van der Waals surface area contributed by atoms with Gasteiger partial charge >= 0.3 is 11.9 Å². The Balaban J connectivity index is -0.000000964. The number of carboxylic acids is 1. The lowest BCUT2D eigenvalue weighted by Gasteiger charge is -2.17. The van der Waals surface area contributed by atoms with E-state index in [1.165, 1.54) is 263 Å². The number of aliphatic carboxylic acids is 1. The third kappa shape index (κ3) is 63.0. The van der Waals surface area contributed by atoms with Crippen molar-refractivity contribution >= 4 is 11.9 Å². The van der Waals surface area contributed by atoms with Crippen molar-refractivity contribution in [3.8, 4) is 0 Å². The van der Waals surface area contributed by atoms with Gasteiger partial charge in [0, 0.05) is 19.4 Å². The molecule has 0 aromatic rings. The number of unbranched alkanes of at least 4 members (excludes halogenated alkanes) is 34. The van der Waals surface area contributed by atoms with Gasteiger partial charge in [-0.2, -0.15) is 0 Å². The molecule has 0 spiro atoms.